The molecule has 1 atom stereocenters. The molecule has 0 saturated carbocycles. The molecule has 2 aromatic rings. The van der Waals surface area contributed by atoms with E-state index in [2.05, 4.69) is 0 Å². The fraction of sp³-hybridized carbons (Fsp3) is 0.480. The molecule has 2 aromatic carbocycles. The first-order valence-corrected chi connectivity index (χ1v) is 12.9. The van der Waals surface area contributed by atoms with Crippen molar-refractivity contribution >= 4 is 15.7 Å². The van der Waals surface area contributed by atoms with Crippen LogP contribution in [0.25, 0.3) is 0 Å². The molecule has 1 saturated heterocycles. The number of carbonyl (C=O) groups excluding carboxylic acids is 1. The molecule has 1 unspecified atom stereocenters. The molecule has 12 heteroatoms. The number of amides is 1. The van der Waals surface area contributed by atoms with E-state index in [1.54, 1.807) is 0 Å². The fourth-order valence-electron chi connectivity index (χ4n) is 4.77. The maximum atomic E-state index is 14.3. The number of halogens is 6. The molecule has 1 fully saturated rings. The standard InChI is InChI=1S/C25H27F6NO4S/c1-22(2,37(34,35)20-11-7-10-19(16-20)24(26,27)28)17-12-14-32(15-13-17)21(33)23(36-3,25(29,30)31)18-8-5-4-6-9-18/h4-11,16-17H,12-15H2,1-3H3. The first-order chi connectivity index (χ1) is 17.0. The average Bonchev–Trinajstić information content (AvgIpc) is 2.84. The highest BCUT2D eigenvalue weighted by molar-refractivity contribution is 7.92. The first-order valence-electron chi connectivity index (χ1n) is 11.4. The third-order valence-corrected chi connectivity index (χ3v) is 9.71. The molecule has 37 heavy (non-hydrogen) atoms. The Morgan fingerprint density at radius 2 is 1.43 bits per heavy atom. The third kappa shape index (κ3) is 5.09. The van der Waals surface area contributed by atoms with Crippen molar-refractivity contribution in [2.75, 3.05) is 20.2 Å². The number of ether oxygens (including phenoxy) is 1. The molecule has 5 nitrogen and oxygen atoms in total. The van der Waals surface area contributed by atoms with Crippen LogP contribution in [0.5, 0.6) is 0 Å². The van der Waals surface area contributed by atoms with E-state index in [0.29, 0.717) is 6.07 Å². The van der Waals surface area contributed by atoms with E-state index in [1.165, 1.54) is 32.0 Å². The number of hydrogen-bond donors (Lipinski definition) is 0. The Hall–Kier alpha value is -2.60. The largest absolute Gasteiger partial charge is 0.430 e. The molecule has 204 valence electrons. The molecule has 0 bridgehead atoms. The number of carbonyl (C=O) groups is 1. The van der Waals surface area contributed by atoms with Gasteiger partial charge in [-0.2, -0.15) is 26.3 Å². The van der Waals surface area contributed by atoms with Gasteiger partial charge in [0.15, 0.2) is 9.84 Å². The number of piperidine rings is 1. The minimum Gasteiger partial charge on any atom is -0.356 e. The number of sulfone groups is 1. The van der Waals surface area contributed by atoms with E-state index >= 15 is 0 Å². The second-order valence-corrected chi connectivity index (χ2v) is 12.0. The fourth-order valence-corrected chi connectivity index (χ4v) is 6.59. The van der Waals surface area contributed by atoms with Crippen LogP contribution in [-0.4, -0.2) is 50.3 Å². The van der Waals surface area contributed by atoms with Gasteiger partial charge in [0.05, 0.1) is 15.2 Å². The van der Waals surface area contributed by atoms with E-state index in [0.717, 1.165) is 42.3 Å². The summed E-state index contributed by atoms with van der Waals surface area (Å²) in [4.78, 5) is 13.8. The lowest BCUT2D eigenvalue weighted by atomic mass is 9.84. The van der Waals surface area contributed by atoms with Crippen LogP contribution in [0.4, 0.5) is 26.3 Å². The van der Waals surface area contributed by atoms with Crippen molar-refractivity contribution < 1.29 is 44.3 Å². The lowest BCUT2D eigenvalue weighted by molar-refractivity contribution is -0.270. The second kappa shape index (κ2) is 9.94. The number of methoxy groups -OCH3 is 1. The molecule has 0 aromatic heterocycles. The van der Waals surface area contributed by atoms with Crippen molar-refractivity contribution in [1.82, 2.24) is 4.90 Å². The zero-order valence-electron chi connectivity index (χ0n) is 20.4. The molecule has 0 aliphatic carbocycles. The van der Waals surface area contributed by atoms with Crippen LogP contribution in [0.2, 0.25) is 0 Å². The van der Waals surface area contributed by atoms with E-state index < -0.39 is 54.8 Å². The van der Waals surface area contributed by atoms with Crippen LogP contribution in [0.15, 0.2) is 59.5 Å². The zero-order chi connectivity index (χ0) is 27.9. The van der Waals surface area contributed by atoms with Crippen LogP contribution in [-0.2, 0) is 31.1 Å². The van der Waals surface area contributed by atoms with Gasteiger partial charge in [0.2, 0.25) is 0 Å². The molecule has 1 amide bonds. The Morgan fingerprint density at radius 3 is 1.92 bits per heavy atom. The summed E-state index contributed by atoms with van der Waals surface area (Å²) in [6.45, 7) is 2.39. The molecule has 3 rings (SSSR count). The minimum atomic E-state index is -5.08. The minimum absolute atomic E-state index is 0.0311. The van der Waals surface area contributed by atoms with Crippen LogP contribution in [0.3, 0.4) is 0 Å². The van der Waals surface area contributed by atoms with Gasteiger partial charge in [-0.1, -0.05) is 36.4 Å². The number of hydrogen-bond acceptors (Lipinski definition) is 4. The third-order valence-electron chi connectivity index (χ3n) is 7.12. The Balaban J connectivity index is 1.86. The monoisotopic (exact) mass is 551 g/mol. The number of rotatable bonds is 6. The summed E-state index contributed by atoms with van der Waals surface area (Å²) < 4.78 is 112. The number of alkyl halides is 6. The van der Waals surface area contributed by atoms with Crippen LogP contribution in [0, 0.1) is 5.92 Å². The molecule has 0 spiro atoms. The van der Waals surface area contributed by atoms with Gasteiger partial charge in [0.1, 0.15) is 0 Å². The quantitative estimate of drug-likeness (QED) is 0.439. The van der Waals surface area contributed by atoms with Gasteiger partial charge in [-0.25, -0.2) is 8.42 Å². The van der Waals surface area contributed by atoms with Gasteiger partial charge in [0, 0.05) is 25.8 Å². The average molecular weight is 552 g/mol. The van der Waals surface area contributed by atoms with Crippen molar-refractivity contribution in [3.05, 3.63) is 65.7 Å². The van der Waals surface area contributed by atoms with Gasteiger partial charge in [-0.15, -0.1) is 0 Å². The van der Waals surface area contributed by atoms with Gasteiger partial charge < -0.3 is 9.64 Å². The molecule has 0 N–H and O–H groups in total. The Labute approximate surface area is 211 Å². The highest BCUT2D eigenvalue weighted by atomic mass is 32.2. The van der Waals surface area contributed by atoms with Crippen molar-refractivity contribution in [2.45, 2.75) is 54.3 Å². The number of benzene rings is 2. The second-order valence-electron chi connectivity index (χ2n) is 9.45. The van der Waals surface area contributed by atoms with Crippen molar-refractivity contribution in [3.8, 4) is 0 Å². The highest BCUT2D eigenvalue weighted by Crippen LogP contribution is 2.45. The molecule has 0 radical (unpaired) electrons. The summed E-state index contributed by atoms with van der Waals surface area (Å²) in [6.07, 6.45) is -9.75. The summed E-state index contributed by atoms with van der Waals surface area (Å²) in [7, 11) is -3.46. The number of nitrogens with zero attached hydrogens (tertiary/aromatic N) is 1. The van der Waals surface area contributed by atoms with E-state index in [1.807, 2.05) is 0 Å². The van der Waals surface area contributed by atoms with Gasteiger partial charge in [-0.3, -0.25) is 4.79 Å². The van der Waals surface area contributed by atoms with Crippen molar-refractivity contribution in [3.63, 3.8) is 0 Å². The Morgan fingerprint density at radius 1 is 0.892 bits per heavy atom. The lowest BCUT2D eigenvalue weighted by Crippen LogP contribution is -2.59. The summed E-state index contributed by atoms with van der Waals surface area (Å²) in [5.41, 5.74) is -4.72. The predicted molar refractivity (Wildman–Crippen MR) is 123 cm³/mol. The van der Waals surface area contributed by atoms with Crippen molar-refractivity contribution in [1.29, 1.82) is 0 Å². The summed E-state index contributed by atoms with van der Waals surface area (Å²) in [5.74, 6) is -1.94. The molecular formula is C25H27F6NO4S. The molecule has 1 aliphatic rings. The predicted octanol–water partition coefficient (Wildman–Crippen LogP) is 5.60. The van der Waals surface area contributed by atoms with Crippen LogP contribution in [0.1, 0.15) is 37.8 Å². The smallest absolute Gasteiger partial charge is 0.356 e. The Bertz CT molecular complexity index is 1220. The summed E-state index contributed by atoms with van der Waals surface area (Å²) in [6, 6.07) is 9.95. The summed E-state index contributed by atoms with van der Waals surface area (Å²) in [5, 5.41) is 0. The Kier molecular flexibility index (Phi) is 7.78. The van der Waals surface area contributed by atoms with Gasteiger partial charge in [0.25, 0.3) is 11.5 Å². The van der Waals surface area contributed by atoms with Gasteiger partial charge >= 0.3 is 12.4 Å². The first kappa shape index (κ1) is 29.0. The molecule has 1 aliphatic heterocycles. The topological polar surface area (TPSA) is 63.7 Å². The summed E-state index contributed by atoms with van der Waals surface area (Å²) >= 11 is 0. The number of likely N-dealkylation sites (tertiary alicyclic amines) is 1. The lowest BCUT2D eigenvalue weighted by Gasteiger charge is -2.43. The highest BCUT2D eigenvalue weighted by Gasteiger charge is 2.64. The SMILES string of the molecule is COC(C(=O)N1CCC(C(C)(C)S(=O)(=O)c2cccc(C(F)(F)F)c2)CC1)(c1ccccc1)C(F)(F)F. The maximum absolute atomic E-state index is 14.3. The van der Waals surface area contributed by atoms with E-state index in [-0.39, 0.29) is 31.5 Å². The van der Waals surface area contributed by atoms with E-state index in [9.17, 15) is 39.6 Å². The van der Waals surface area contributed by atoms with Crippen LogP contribution < -0.4 is 0 Å². The van der Waals surface area contributed by atoms with Crippen LogP contribution >= 0.6 is 0 Å². The molecular weight excluding hydrogens is 524 g/mol. The molecule has 1 heterocycles. The zero-order valence-corrected chi connectivity index (χ0v) is 21.2. The maximum Gasteiger partial charge on any atom is 0.430 e. The van der Waals surface area contributed by atoms with E-state index in [4.69, 9.17) is 4.74 Å². The van der Waals surface area contributed by atoms with Gasteiger partial charge in [-0.05, 0) is 50.8 Å². The van der Waals surface area contributed by atoms with Crippen molar-refractivity contribution in [2.24, 2.45) is 5.92 Å². The normalized spacial score (nSPS) is 17.9.